The Hall–Kier alpha value is -1.59. The lowest BCUT2D eigenvalue weighted by atomic mass is 9.31. The molecule has 0 amide bonds. The summed E-state index contributed by atoms with van der Waals surface area (Å²) < 4.78 is 12.3. The van der Waals surface area contributed by atoms with Crippen LogP contribution in [0.3, 0.4) is 0 Å². The van der Waals surface area contributed by atoms with Gasteiger partial charge >= 0.3 is 17.9 Å². The van der Waals surface area contributed by atoms with Crippen molar-refractivity contribution in [3.05, 3.63) is 0 Å². The largest absolute Gasteiger partial charge is 0.481 e. The van der Waals surface area contributed by atoms with Gasteiger partial charge in [-0.15, -0.1) is 0 Å². The van der Waals surface area contributed by atoms with Gasteiger partial charge in [0, 0.05) is 16.7 Å². The fourth-order valence-corrected chi connectivity index (χ4v) is 12.4. The summed E-state index contributed by atoms with van der Waals surface area (Å²) in [6, 6.07) is 0. The maximum absolute atomic E-state index is 13.4. The SMILES string of the molecule is CC1(C)CC[C@@]23CC[C@]4(C)[C@@H](CC[C@@H]5[C@@]6(C)CC[C@H](OC(=O)CCC(=O)O)C(C)(C)[C@H]6CC[C@]54C)[C@H]2[C@H]1OC3=O. The Balaban J connectivity index is 1.28. The van der Waals surface area contributed by atoms with Gasteiger partial charge in [-0.05, 0) is 98.2 Å². The van der Waals surface area contributed by atoms with E-state index in [0.717, 1.165) is 44.9 Å². The average Bonchev–Trinajstić information content (AvgIpc) is 3.12. The smallest absolute Gasteiger partial charge is 0.312 e. The highest BCUT2D eigenvalue weighted by Crippen LogP contribution is 2.78. The molecule has 1 heterocycles. The molecule has 1 aliphatic heterocycles. The molecule has 0 aromatic rings. The molecule has 0 aromatic heterocycles. The Morgan fingerprint density at radius 3 is 2.23 bits per heavy atom. The molecule has 1 saturated heterocycles. The molecule has 6 rings (SSSR count). The summed E-state index contributed by atoms with van der Waals surface area (Å²) in [6.07, 6.45) is 10.4. The van der Waals surface area contributed by atoms with Crippen LogP contribution in [0.5, 0.6) is 0 Å². The van der Waals surface area contributed by atoms with E-state index in [0.29, 0.717) is 23.7 Å². The van der Waals surface area contributed by atoms with E-state index in [4.69, 9.17) is 14.6 Å². The molecule has 5 aliphatic carbocycles. The second kappa shape index (κ2) is 8.72. The minimum atomic E-state index is -0.961. The summed E-state index contributed by atoms with van der Waals surface area (Å²) in [5.74, 6) is 0.697. The van der Waals surface area contributed by atoms with Crippen LogP contribution in [0.1, 0.15) is 126 Å². The third kappa shape index (κ3) is 3.55. The van der Waals surface area contributed by atoms with Gasteiger partial charge in [-0.3, -0.25) is 14.4 Å². The van der Waals surface area contributed by atoms with Gasteiger partial charge in [-0.2, -0.15) is 0 Å². The lowest BCUT2D eigenvalue weighted by Gasteiger charge is -2.73. The zero-order valence-electron chi connectivity index (χ0n) is 25.9. The molecule has 6 fully saturated rings. The summed E-state index contributed by atoms with van der Waals surface area (Å²) in [5, 5.41) is 9.00. The Morgan fingerprint density at radius 2 is 1.52 bits per heavy atom. The van der Waals surface area contributed by atoms with Crippen molar-refractivity contribution < 1.29 is 29.0 Å². The molecule has 1 N–H and O–H groups in total. The Labute approximate surface area is 240 Å². The molecule has 224 valence electrons. The highest BCUT2D eigenvalue weighted by atomic mass is 16.6. The van der Waals surface area contributed by atoms with Crippen LogP contribution >= 0.6 is 0 Å². The summed E-state index contributed by atoms with van der Waals surface area (Å²) in [6.45, 7) is 16.9. The molecule has 0 aromatic carbocycles. The first kappa shape index (κ1) is 28.5. The fourth-order valence-electron chi connectivity index (χ4n) is 12.4. The Morgan fingerprint density at radius 1 is 0.825 bits per heavy atom. The second-order valence-corrected chi connectivity index (χ2v) is 16.9. The Kier molecular flexibility index (Phi) is 6.22. The van der Waals surface area contributed by atoms with Gasteiger partial charge in [0.1, 0.15) is 12.2 Å². The molecule has 5 saturated carbocycles. The van der Waals surface area contributed by atoms with Gasteiger partial charge in [0.25, 0.3) is 0 Å². The maximum Gasteiger partial charge on any atom is 0.312 e. The van der Waals surface area contributed by atoms with E-state index >= 15 is 0 Å². The normalized spacial score (nSPS) is 49.9. The summed E-state index contributed by atoms with van der Waals surface area (Å²) >= 11 is 0. The molecular weight excluding hydrogens is 504 g/mol. The van der Waals surface area contributed by atoms with E-state index < -0.39 is 5.97 Å². The number of fused-ring (bicyclic) bond motifs is 5. The van der Waals surface area contributed by atoms with Gasteiger partial charge in [-0.1, -0.05) is 48.5 Å². The maximum atomic E-state index is 13.4. The standard InChI is InChI=1S/C34H52O6/c1-29(2)16-18-34-19-17-32(6)20(26(34)27(29)40-28(34)38)8-9-22-31(5)14-13-23(39-25(37)11-10-24(35)36)30(3,4)21(31)12-15-33(22,32)7/h20-23,26-27H,8-19H2,1-7H3,(H,35,36)/t20-,21+,22+,23-,26-,27+,31-,32+,33+,34+/m0/s1. The number of ether oxygens (including phenoxy) is 2. The first-order valence-corrected chi connectivity index (χ1v) is 16.2. The number of esters is 2. The van der Waals surface area contributed by atoms with E-state index in [1.165, 1.54) is 19.3 Å². The minimum Gasteiger partial charge on any atom is -0.481 e. The van der Waals surface area contributed by atoms with Crippen molar-refractivity contribution in [1.82, 2.24) is 0 Å². The van der Waals surface area contributed by atoms with Crippen LogP contribution in [0.15, 0.2) is 0 Å². The minimum absolute atomic E-state index is 0.0459. The summed E-state index contributed by atoms with van der Waals surface area (Å²) in [7, 11) is 0. The molecule has 6 heteroatoms. The highest BCUT2D eigenvalue weighted by Gasteiger charge is 2.75. The lowest BCUT2D eigenvalue weighted by molar-refractivity contribution is -0.254. The molecule has 0 spiro atoms. The monoisotopic (exact) mass is 556 g/mol. The highest BCUT2D eigenvalue weighted by molar-refractivity contribution is 5.81. The Bertz CT molecular complexity index is 1110. The molecule has 0 radical (unpaired) electrons. The van der Waals surface area contributed by atoms with Gasteiger partial charge in [0.2, 0.25) is 0 Å². The van der Waals surface area contributed by atoms with Crippen LogP contribution in [0, 0.1) is 56.2 Å². The quantitative estimate of drug-likeness (QED) is 0.369. The summed E-state index contributed by atoms with van der Waals surface area (Å²) in [5.41, 5.74) is 0.189. The van der Waals surface area contributed by atoms with E-state index in [1.807, 2.05) is 0 Å². The van der Waals surface area contributed by atoms with Gasteiger partial charge in [0.05, 0.1) is 18.3 Å². The van der Waals surface area contributed by atoms with E-state index in [1.54, 1.807) is 0 Å². The molecule has 0 unspecified atom stereocenters. The molecule has 10 atom stereocenters. The number of rotatable bonds is 4. The van der Waals surface area contributed by atoms with Crippen molar-refractivity contribution in [2.45, 2.75) is 138 Å². The first-order chi connectivity index (χ1) is 18.5. The number of carboxylic acid groups (broad SMARTS) is 1. The van der Waals surface area contributed by atoms with E-state index in [9.17, 15) is 14.4 Å². The van der Waals surface area contributed by atoms with Crippen LogP contribution in [-0.4, -0.2) is 35.2 Å². The zero-order chi connectivity index (χ0) is 29.1. The van der Waals surface area contributed by atoms with E-state index in [-0.39, 0.29) is 69.5 Å². The van der Waals surface area contributed by atoms with Crippen molar-refractivity contribution in [2.75, 3.05) is 0 Å². The average molecular weight is 557 g/mol. The molecular formula is C34H52O6. The molecule has 6 aliphatic rings. The topological polar surface area (TPSA) is 89.9 Å². The van der Waals surface area contributed by atoms with Gasteiger partial charge in [-0.25, -0.2) is 0 Å². The fraction of sp³-hybridized carbons (Fsp3) is 0.912. The van der Waals surface area contributed by atoms with Gasteiger partial charge < -0.3 is 14.6 Å². The first-order valence-electron chi connectivity index (χ1n) is 16.2. The van der Waals surface area contributed by atoms with Crippen molar-refractivity contribution in [1.29, 1.82) is 0 Å². The number of carbonyl (C=O) groups is 3. The predicted octanol–water partition coefficient (Wildman–Crippen LogP) is 7.18. The molecule has 6 nitrogen and oxygen atoms in total. The summed E-state index contributed by atoms with van der Waals surface area (Å²) in [4.78, 5) is 37.0. The van der Waals surface area contributed by atoms with Crippen molar-refractivity contribution in [3.63, 3.8) is 0 Å². The van der Waals surface area contributed by atoms with Crippen molar-refractivity contribution in [3.8, 4) is 0 Å². The molecule has 2 bridgehead atoms. The molecule has 40 heavy (non-hydrogen) atoms. The third-order valence-corrected chi connectivity index (χ3v) is 14.8. The van der Waals surface area contributed by atoms with Crippen molar-refractivity contribution >= 4 is 17.9 Å². The van der Waals surface area contributed by atoms with Crippen LogP contribution in [0.4, 0.5) is 0 Å². The van der Waals surface area contributed by atoms with Gasteiger partial charge in [0.15, 0.2) is 0 Å². The number of aliphatic carboxylic acids is 1. The lowest BCUT2D eigenvalue weighted by Crippen LogP contribution is -2.68. The number of hydrogen-bond acceptors (Lipinski definition) is 5. The van der Waals surface area contributed by atoms with E-state index in [2.05, 4.69) is 48.5 Å². The van der Waals surface area contributed by atoms with Crippen LogP contribution in [0.2, 0.25) is 0 Å². The van der Waals surface area contributed by atoms with Crippen molar-refractivity contribution in [2.24, 2.45) is 56.2 Å². The number of carboxylic acids is 1. The van der Waals surface area contributed by atoms with Crippen LogP contribution < -0.4 is 0 Å². The number of carbonyl (C=O) groups excluding carboxylic acids is 2. The third-order valence-electron chi connectivity index (χ3n) is 14.8. The zero-order valence-corrected chi connectivity index (χ0v) is 25.9. The predicted molar refractivity (Wildman–Crippen MR) is 151 cm³/mol. The number of hydrogen-bond donors (Lipinski definition) is 1. The second-order valence-electron chi connectivity index (χ2n) is 16.9. The van der Waals surface area contributed by atoms with Crippen LogP contribution in [0.25, 0.3) is 0 Å². The van der Waals surface area contributed by atoms with Crippen LogP contribution in [-0.2, 0) is 23.9 Å².